The van der Waals surface area contributed by atoms with E-state index in [1.54, 1.807) is 11.1 Å². The van der Waals surface area contributed by atoms with E-state index in [-0.39, 0.29) is 12.5 Å². The predicted octanol–water partition coefficient (Wildman–Crippen LogP) is 6.04. The van der Waals surface area contributed by atoms with Gasteiger partial charge in [0.2, 0.25) is 0 Å². The van der Waals surface area contributed by atoms with Gasteiger partial charge in [0.15, 0.2) is 11.7 Å². The second kappa shape index (κ2) is 9.49. The minimum absolute atomic E-state index is 0.0677. The highest BCUT2D eigenvalue weighted by Crippen LogP contribution is 2.32. The molecule has 0 radical (unpaired) electrons. The van der Waals surface area contributed by atoms with Crippen molar-refractivity contribution in [3.8, 4) is 5.75 Å². The van der Waals surface area contributed by atoms with Crippen LogP contribution in [-0.4, -0.2) is 22.5 Å². The van der Waals surface area contributed by atoms with E-state index >= 15 is 0 Å². The Balaban J connectivity index is 1.59. The Labute approximate surface area is 192 Å². The lowest BCUT2D eigenvalue weighted by Crippen LogP contribution is -2.34. The van der Waals surface area contributed by atoms with Gasteiger partial charge in [0, 0.05) is 6.20 Å². The number of aromatic nitrogens is 2. The average molecular weight is 446 g/mol. The van der Waals surface area contributed by atoms with E-state index in [0.29, 0.717) is 23.3 Å². The van der Waals surface area contributed by atoms with Crippen molar-refractivity contribution in [2.45, 2.75) is 40.2 Å². The zero-order valence-corrected chi connectivity index (χ0v) is 19.6. The molecule has 2 aromatic heterocycles. The van der Waals surface area contributed by atoms with E-state index < -0.39 is 0 Å². The number of ether oxygens (including phenoxy) is 1. The van der Waals surface area contributed by atoms with Crippen molar-refractivity contribution in [2.24, 2.45) is 0 Å². The molecule has 0 spiro atoms. The first kappa shape index (κ1) is 22.0. The largest absolute Gasteiger partial charge is 0.484 e. The molecule has 0 aliphatic rings. The predicted molar refractivity (Wildman–Crippen MR) is 131 cm³/mol. The molecule has 0 aliphatic heterocycles. The monoisotopic (exact) mass is 445 g/mol. The molecule has 2 heterocycles. The number of aryl methyl sites for hydroxylation is 2. The molecule has 5 nitrogen and oxygen atoms in total. The maximum Gasteiger partial charge on any atom is 0.267 e. The lowest BCUT2D eigenvalue weighted by Gasteiger charge is -2.20. The van der Waals surface area contributed by atoms with E-state index in [1.807, 2.05) is 49.4 Å². The molecule has 6 heteroatoms. The van der Waals surface area contributed by atoms with Gasteiger partial charge in [-0.05, 0) is 66.8 Å². The smallest absolute Gasteiger partial charge is 0.267 e. The zero-order valence-electron chi connectivity index (χ0n) is 18.8. The lowest BCUT2D eigenvalue weighted by molar-refractivity contribution is -0.120. The van der Waals surface area contributed by atoms with Crippen molar-refractivity contribution in [2.75, 3.05) is 11.5 Å². The number of carbonyl (C=O) groups excluding carboxylic acids is 1. The molecule has 164 valence electrons. The van der Waals surface area contributed by atoms with E-state index in [2.05, 4.69) is 37.9 Å². The summed E-state index contributed by atoms with van der Waals surface area (Å²) in [6.07, 6.45) is 1.73. The van der Waals surface area contributed by atoms with Gasteiger partial charge in [-0.15, -0.1) is 0 Å². The van der Waals surface area contributed by atoms with Crippen LogP contribution in [0.5, 0.6) is 5.75 Å². The number of hydrogen-bond acceptors (Lipinski definition) is 5. The minimum atomic E-state index is -0.156. The van der Waals surface area contributed by atoms with Crippen molar-refractivity contribution in [3.05, 3.63) is 83.2 Å². The third-order valence-corrected chi connectivity index (χ3v) is 6.33. The lowest BCUT2D eigenvalue weighted by atomic mass is 10.0. The summed E-state index contributed by atoms with van der Waals surface area (Å²) in [7, 11) is 0. The van der Waals surface area contributed by atoms with Crippen LogP contribution in [0.2, 0.25) is 0 Å². The highest BCUT2D eigenvalue weighted by atomic mass is 32.1. The maximum atomic E-state index is 13.3. The van der Waals surface area contributed by atoms with Crippen LogP contribution in [0.3, 0.4) is 0 Å². The van der Waals surface area contributed by atoms with Crippen molar-refractivity contribution in [3.63, 3.8) is 0 Å². The molecular formula is C26H27N3O2S. The number of thiazole rings is 1. The summed E-state index contributed by atoms with van der Waals surface area (Å²) < 4.78 is 6.90. The molecule has 0 unspecified atom stereocenters. The summed E-state index contributed by atoms with van der Waals surface area (Å²) >= 11 is 1.52. The molecule has 4 rings (SSSR count). The third-order valence-electron chi connectivity index (χ3n) is 5.31. The van der Waals surface area contributed by atoms with Gasteiger partial charge >= 0.3 is 0 Å². The van der Waals surface area contributed by atoms with E-state index in [9.17, 15) is 4.79 Å². The van der Waals surface area contributed by atoms with Crippen molar-refractivity contribution < 1.29 is 9.53 Å². The van der Waals surface area contributed by atoms with E-state index in [0.717, 1.165) is 21.5 Å². The van der Waals surface area contributed by atoms with Crippen LogP contribution in [0.15, 0.2) is 60.8 Å². The van der Waals surface area contributed by atoms with Crippen LogP contribution in [0.1, 0.15) is 42.1 Å². The summed E-state index contributed by atoms with van der Waals surface area (Å²) in [4.78, 5) is 24.1. The Hall–Kier alpha value is -3.25. The first-order valence-corrected chi connectivity index (χ1v) is 11.5. The van der Waals surface area contributed by atoms with Gasteiger partial charge in [-0.3, -0.25) is 14.7 Å². The van der Waals surface area contributed by atoms with Crippen LogP contribution >= 0.6 is 11.3 Å². The van der Waals surface area contributed by atoms with Crippen molar-refractivity contribution in [1.82, 2.24) is 9.97 Å². The van der Waals surface area contributed by atoms with Crippen LogP contribution in [-0.2, 0) is 11.3 Å². The highest BCUT2D eigenvalue weighted by molar-refractivity contribution is 7.22. The number of benzene rings is 2. The normalized spacial score (nSPS) is 11.2. The molecule has 1 amide bonds. The van der Waals surface area contributed by atoms with E-state index in [1.165, 1.54) is 22.5 Å². The summed E-state index contributed by atoms with van der Waals surface area (Å²) in [6, 6.07) is 17.8. The number of hydrogen-bond donors (Lipinski definition) is 0. The van der Waals surface area contributed by atoms with Gasteiger partial charge < -0.3 is 4.74 Å². The molecule has 0 bridgehead atoms. The summed E-state index contributed by atoms with van der Waals surface area (Å²) in [5, 5.41) is 0.656. The molecule has 32 heavy (non-hydrogen) atoms. The molecule has 0 saturated carbocycles. The number of nitrogens with zero attached hydrogens (tertiary/aromatic N) is 3. The molecular weight excluding hydrogens is 418 g/mol. The van der Waals surface area contributed by atoms with Crippen molar-refractivity contribution in [1.29, 1.82) is 0 Å². The summed E-state index contributed by atoms with van der Waals surface area (Å²) in [6.45, 7) is 8.69. The number of anilines is 1. The van der Waals surface area contributed by atoms with Gasteiger partial charge in [0.05, 0.1) is 22.5 Å². The Morgan fingerprint density at radius 2 is 1.88 bits per heavy atom. The fourth-order valence-electron chi connectivity index (χ4n) is 3.56. The number of rotatable bonds is 7. The third kappa shape index (κ3) is 4.97. The molecule has 0 atom stereocenters. The minimum Gasteiger partial charge on any atom is -0.484 e. The Morgan fingerprint density at radius 3 is 2.56 bits per heavy atom. The maximum absolute atomic E-state index is 13.3. The number of amides is 1. The molecule has 0 fully saturated rings. The van der Waals surface area contributed by atoms with Gasteiger partial charge in [0.25, 0.3) is 5.91 Å². The fraction of sp³-hybridized carbons (Fsp3) is 0.269. The van der Waals surface area contributed by atoms with E-state index in [4.69, 9.17) is 9.72 Å². The second-order valence-corrected chi connectivity index (χ2v) is 9.25. The molecule has 0 aliphatic carbocycles. The Morgan fingerprint density at radius 1 is 1.09 bits per heavy atom. The highest BCUT2D eigenvalue weighted by Gasteiger charge is 2.22. The Bertz CT molecular complexity index is 1220. The van der Waals surface area contributed by atoms with Crippen LogP contribution in [0.4, 0.5) is 5.13 Å². The zero-order chi connectivity index (χ0) is 22.7. The van der Waals surface area contributed by atoms with Crippen LogP contribution in [0.25, 0.3) is 10.2 Å². The Kier molecular flexibility index (Phi) is 6.51. The van der Waals surface area contributed by atoms with Gasteiger partial charge in [-0.2, -0.15) is 0 Å². The first-order chi connectivity index (χ1) is 15.4. The topological polar surface area (TPSA) is 55.3 Å². The summed E-state index contributed by atoms with van der Waals surface area (Å²) in [5.74, 6) is 0.971. The standard InChI is InChI=1S/C26H27N3O2S/c1-17(2)20-8-10-22(11-9-20)31-16-24(30)29(15-21-7-5-6-12-27-21)26-28-25-19(4)13-18(3)14-23(25)32-26/h5-14,17H,15-16H2,1-4H3. The average Bonchev–Trinajstić information content (AvgIpc) is 3.21. The number of carbonyl (C=O) groups is 1. The number of fused-ring (bicyclic) bond motifs is 1. The van der Waals surface area contributed by atoms with Gasteiger partial charge in [-0.1, -0.05) is 49.4 Å². The first-order valence-electron chi connectivity index (χ1n) is 10.7. The van der Waals surface area contributed by atoms with Gasteiger partial charge in [-0.25, -0.2) is 4.98 Å². The molecule has 2 aromatic carbocycles. The second-order valence-electron chi connectivity index (χ2n) is 8.24. The van der Waals surface area contributed by atoms with Gasteiger partial charge in [0.1, 0.15) is 5.75 Å². The van der Waals surface area contributed by atoms with Crippen LogP contribution in [0, 0.1) is 13.8 Å². The van der Waals surface area contributed by atoms with Crippen LogP contribution < -0.4 is 9.64 Å². The molecule has 0 saturated heterocycles. The number of pyridine rings is 1. The SMILES string of the molecule is Cc1cc(C)c2nc(N(Cc3ccccn3)C(=O)COc3ccc(C(C)C)cc3)sc2c1. The van der Waals surface area contributed by atoms with Crippen molar-refractivity contribution >= 4 is 32.6 Å². The molecule has 0 N–H and O–H groups in total. The quantitative estimate of drug-likeness (QED) is 0.348. The fourth-order valence-corrected chi connectivity index (χ4v) is 4.72. The summed E-state index contributed by atoms with van der Waals surface area (Å²) in [5.41, 5.74) is 5.25. The molecule has 4 aromatic rings.